The van der Waals surface area contributed by atoms with E-state index in [1.54, 1.807) is 6.20 Å². The number of nitrogens with zero attached hydrogens (tertiary/aromatic N) is 6. The summed E-state index contributed by atoms with van der Waals surface area (Å²) in [4.78, 5) is 9.42. The van der Waals surface area contributed by atoms with E-state index in [9.17, 15) is 0 Å². The highest BCUT2D eigenvalue weighted by Crippen LogP contribution is 2.31. The molecule has 154 valence electrons. The largest absolute Gasteiger partial charge is 0.377 e. The predicted molar refractivity (Wildman–Crippen MR) is 110 cm³/mol. The van der Waals surface area contributed by atoms with Gasteiger partial charge < -0.3 is 19.3 Å². The molecule has 9 heteroatoms. The molecule has 0 amide bonds. The molecule has 0 saturated carbocycles. The Balaban J connectivity index is 1.66. The highest BCUT2D eigenvalue weighted by Gasteiger charge is 2.28. The van der Waals surface area contributed by atoms with E-state index < -0.39 is 0 Å². The van der Waals surface area contributed by atoms with Crippen molar-refractivity contribution in [1.29, 1.82) is 0 Å². The number of rotatable bonds is 3. The van der Waals surface area contributed by atoms with Crippen molar-refractivity contribution in [1.82, 2.24) is 24.8 Å². The van der Waals surface area contributed by atoms with Crippen LogP contribution in [-0.4, -0.2) is 75.9 Å². The van der Waals surface area contributed by atoms with Gasteiger partial charge in [-0.3, -0.25) is 5.10 Å². The van der Waals surface area contributed by atoms with Crippen molar-refractivity contribution in [2.45, 2.75) is 39.0 Å². The molecule has 1 unspecified atom stereocenters. The number of ether oxygens (including phenoxy) is 2. The first-order valence-corrected chi connectivity index (χ1v) is 10.2. The van der Waals surface area contributed by atoms with Gasteiger partial charge in [0.25, 0.3) is 0 Å². The molecule has 29 heavy (non-hydrogen) atoms. The quantitative estimate of drug-likeness (QED) is 0.723. The third-order valence-electron chi connectivity index (χ3n) is 5.63. The van der Waals surface area contributed by atoms with E-state index in [2.05, 4.69) is 46.8 Å². The number of anilines is 2. The van der Waals surface area contributed by atoms with E-state index in [0.717, 1.165) is 48.2 Å². The number of hydrogen-bond acceptors (Lipinski definition) is 7. The molecule has 0 spiro atoms. The highest BCUT2D eigenvalue weighted by molar-refractivity contribution is 5.75. The van der Waals surface area contributed by atoms with Crippen molar-refractivity contribution in [2.24, 2.45) is 0 Å². The van der Waals surface area contributed by atoms with Crippen LogP contribution in [0.5, 0.6) is 0 Å². The second-order valence-electron chi connectivity index (χ2n) is 8.02. The van der Waals surface area contributed by atoms with Gasteiger partial charge in [-0.05, 0) is 26.8 Å². The average Bonchev–Trinajstić information content (AvgIpc) is 3.36. The predicted octanol–water partition coefficient (Wildman–Crippen LogP) is 1.96. The van der Waals surface area contributed by atoms with Crippen LogP contribution in [0, 0.1) is 0 Å². The molecule has 0 radical (unpaired) electrons. The number of H-pyrrole nitrogens is 1. The van der Waals surface area contributed by atoms with Crippen molar-refractivity contribution >= 4 is 17.2 Å². The molecule has 3 atom stereocenters. The summed E-state index contributed by atoms with van der Waals surface area (Å²) in [7, 11) is 0. The molecule has 0 bridgehead atoms. The first-order chi connectivity index (χ1) is 14.1. The van der Waals surface area contributed by atoms with E-state index in [0.29, 0.717) is 13.2 Å². The van der Waals surface area contributed by atoms with Gasteiger partial charge in [0.1, 0.15) is 5.69 Å². The minimum atomic E-state index is 0.166. The van der Waals surface area contributed by atoms with Crippen LogP contribution in [0.2, 0.25) is 0 Å². The Labute approximate surface area is 169 Å². The van der Waals surface area contributed by atoms with Crippen molar-refractivity contribution in [3.05, 3.63) is 24.5 Å². The summed E-state index contributed by atoms with van der Waals surface area (Å²) >= 11 is 0. The lowest BCUT2D eigenvalue weighted by atomic mass is 10.2. The lowest BCUT2D eigenvalue weighted by Crippen LogP contribution is -2.46. The Bertz CT molecular complexity index is 976. The molecule has 5 rings (SSSR count). The summed E-state index contributed by atoms with van der Waals surface area (Å²) in [5.41, 5.74) is 3.73. The van der Waals surface area contributed by atoms with E-state index in [4.69, 9.17) is 19.6 Å². The summed E-state index contributed by atoms with van der Waals surface area (Å²) in [6, 6.07) is 4.38. The van der Waals surface area contributed by atoms with Gasteiger partial charge in [0.2, 0.25) is 0 Å². The van der Waals surface area contributed by atoms with Gasteiger partial charge >= 0.3 is 0 Å². The number of hydrogen-bond donors (Lipinski definition) is 1. The van der Waals surface area contributed by atoms with Gasteiger partial charge in [0.05, 0.1) is 49.0 Å². The molecule has 5 heterocycles. The Morgan fingerprint density at radius 2 is 2.00 bits per heavy atom. The fourth-order valence-corrected chi connectivity index (χ4v) is 4.34. The third-order valence-corrected chi connectivity index (χ3v) is 5.63. The van der Waals surface area contributed by atoms with Gasteiger partial charge in [0, 0.05) is 31.9 Å². The van der Waals surface area contributed by atoms with Crippen LogP contribution >= 0.6 is 0 Å². The molecule has 3 aromatic heterocycles. The molecule has 1 N–H and O–H groups in total. The number of aromatic nitrogens is 5. The topological polar surface area (TPSA) is 83.8 Å². The Morgan fingerprint density at radius 1 is 1.17 bits per heavy atom. The molecular formula is C20H27N7O2. The van der Waals surface area contributed by atoms with Gasteiger partial charge in [-0.2, -0.15) is 5.10 Å². The van der Waals surface area contributed by atoms with Crippen molar-refractivity contribution < 1.29 is 9.47 Å². The third kappa shape index (κ3) is 3.34. The van der Waals surface area contributed by atoms with Crippen LogP contribution in [0.15, 0.2) is 24.5 Å². The van der Waals surface area contributed by atoms with Crippen molar-refractivity contribution in [3.63, 3.8) is 0 Å². The monoisotopic (exact) mass is 397 g/mol. The molecule has 9 nitrogen and oxygen atoms in total. The molecule has 2 aliphatic rings. The Hall–Kier alpha value is -2.65. The smallest absolute Gasteiger partial charge is 0.178 e. The number of aromatic amines is 1. The normalized spacial score (nSPS) is 25.7. The maximum Gasteiger partial charge on any atom is 0.178 e. The summed E-state index contributed by atoms with van der Waals surface area (Å²) in [6.07, 6.45) is 3.94. The van der Waals surface area contributed by atoms with E-state index in [1.807, 2.05) is 16.8 Å². The van der Waals surface area contributed by atoms with E-state index in [1.165, 1.54) is 0 Å². The number of morpholine rings is 2. The zero-order valence-corrected chi connectivity index (χ0v) is 17.1. The van der Waals surface area contributed by atoms with Crippen LogP contribution < -0.4 is 9.80 Å². The second kappa shape index (κ2) is 7.31. The first-order valence-electron chi connectivity index (χ1n) is 10.2. The lowest BCUT2D eigenvalue weighted by molar-refractivity contribution is -0.00516. The standard InChI is InChI=1S/C20H27N7O2/c1-13-12-28-7-6-26(13)19-8-17(25-10-14(2)29-15(3)11-25)20-21-9-18(27(20)24-19)16-4-5-22-23-16/h4-5,8-9,13-15H,6-7,10-12H2,1-3H3,(H,22,23)/t13?,14-,15+. The number of imidazole rings is 1. The fraction of sp³-hybridized carbons (Fsp3) is 0.550. The lowest BCUT2D eigenvalue weighted by Gasteiger charge is -2.38. The highest BCUT2D eigenvalue weighted by atomic mass is 16.5. The zero-order chi connectivity index (χ0) is 20.0. The van der Waals surface area contributed by atoms with Crippen molar-refractivity contribution in [3.8, 4) is 11.4 Å². The molecular weight excluding hydrogens is 370 g/mol. The maximum absolute atomic E-state index is 5.95. The van der Waals surface area contributed by atoms with Gasteiger partial charge in [0.15, 0.2) is 11.5 Å². The number of nitrogens with one attached hydrogen (secondary N) is 1. The summed E-state index contributed by atoms with van der Waals surface area (Å²) in [6.45, 7) is 10.3. The molecule has 0 aliphatic carbocycles. The maximum atomic E-state index is 5.95. The van der Waals surface area contributed by atoms with Crippen LogP contribution in [0.3, 0.4) is 0 Å². The average molecular weight is 397 g/mol. The van der Waals surface area contributed by atoms with Crippen LogP contribution in [-0.2, 0) is 9.47 Å². The molecule has 3 aromatic rings. The second-order valence-corrected chi connectivity index (χ2v) is 8.02. The zero-order valence-electron chi connectivity index (χ0n) is 17.1. The molecule has 2 saturated heterocycles. The van der Waals surface area contributed by atoms with Gasteiger partial charge in [-0.25, -0.2) is 9.50 Å². The Morgan fingerprint density at radius 3 is 2.72 bits per heavy atom. The first kappa shape index (κ1) is 18.4. The molecule has 2 aliphatic heterocycles. The van der Waals surface area contributed by atoms with E-state index >= 15 is 0 Å². The van der Waals surface area contributed by atoms with Gasteiger partial charge in [-0.1, -0.05) is 0 Å². The minimum absolute atomic E-state index is 0.166. The summed E-state index contributed by atoms with van der Waals surface area (Å²) < 4.78 is 13.5. The Kier molecular flexibility index (Phi) is 4.63. The summed E-state index contributed by atoms with van der Waals surface area (Å²) in [5.74, 6) is 0.939. The van der Waals surface area contributed by atoms with Crippen molar-refractivity contribution in [2.75, 3.05) is 42.6 Å². The fourth-order valence-electron chi connectivity index (χ4n) is 4.34. The SMILES string of the molecule is CC1COCCN1c1cc(N2C[C@@H](C)O[C@@H](C)C2)c2ncc(-c3ccn[nH]3)n2n1. The van der Waals surface area contributed by atoms with Crippen LogP contribution in [0.25, 0.3) is 17.0 Å². The van der Waals surface area contributed by atoms with Gasteiger partial charge in [-0.15, -0.1) is 5.10 Å². The van der Waals surface area contributed by atoms with Crippen LogP contribution in [0.1, 0.15) is 20.8 Å². The van der Waals surface area contributed by atoms with Crippen LogP contribution in [0.4, 0.5) is 11.5 Å². The summed E-state index contributed by atoms with van der Waals surface area (Å²) in [5, 5.41) is 12.1. The number of fused-ring (bicyclic) bond motifs is 1. The molecule has 0 aromatic carbocycles. The van der Waals surface area contributed by atoms with E-state index in [-0.39, 0.29) is 18.2 Å². The minimum Gasteiger partial charge on any atom is -0.377 e. The molecule has 2 fully saturated rings.